The molecule has 0 aromatic rings. The van der Waals surface area contributed by atoms with Crippen LogP contribution in [0.4, 0.5) is 4.79 Å². The molecule has 2 fully saturated rings. The summed E-state index contributed by atoms with van der Waals surface area (Å²) in [6, 6.07) is -5.56. The number of nitrogens with two attached hydrogens (primary N) is 8. The Bertz CT molecular complexity index is 1980. The van der Waals surface area contributed by atoms with Gasteiger partial charge in [-0.25, -0.2) is 9.79 Å². The Labute approximate surface area is 467 Å². The SMILES string of the molecule is NCCCC(N)CC(=O)NCCCC(N)CC(=O)NCCCC(N)CC(=O)NCCCC(N)CC(=O)NCCCC(N)CC(=O)NCCCC(N)CC(=O)NC1C(NC2=N[C@@H]3C(=O)NC[C@@H](O)[C@H]3N2)OC(CO)C(OC(N)=O)C1O. The fraction of sp³-hybridized carbons (Fsp3) is 0.816. The minimum atomic E-state index is -1.65. The largest absolute Gasteiger partial charge is 0.441 e. The number of carbonyl (C=O) groups is 8. The minimum Gasteiger partial charge on any atom is -0.441 e. The molecule has 0 radical (unpaired) electrons. The topological polar surface area (TPSA) is 544 Å². The molecule has 3 heterocycles. The Morgan fingerprint density at radius 1 is 0.613 bits per heavy atom. The third kappa shape index (κ3) is 27.2. The number of β-amino-alcohol motifs (C(OH)–C–C–N with tert-alkyl or cyclic N) is 1. The maximum Gasteiger partial charge on any atom is 0.404 e. The predicted octanol–water partition coefficient (Wildman–Crippen LogP) is -7.68. The summed E-state index contributed by atoms with van der Waals surface area (Å²) in [5, 5.41) is 56.6. The van der Waals surface area contributed by atoms with Crippen molar-refractivity contribution in [1.29, 1.82) is 0 Å². The van der Waals surface area contributed by atoms with Crippen molar-refractivity contribution < 1.29 is 63.1 Å². The van der Waals surface area contributed by atoms with Crippen molar-refractivity contribution in [3.05, 3.63) is 0 Å². The number of aliphatic imine (C=N–C) groups is 1. The van der Waals surface area contributed by atoms with Crippen LogP contribution in [-0.2, 0) is 43.0 Å². The quantitative estimate of drug-likeness (QED) is 0.0254. The van der Waals surface area contributed by atoms with Gasteiger partial charge in [0.15, 0.2) is 24.3 Å². The van der Waals surface area contributed by atoms with Gasteiger partial charge in [-0.3, -0.25) is 33.6 Å². The Kier molecular flexibility index (Phi) is 32.1. The zero-order chi connectivity index (χ0) is 59.1. The fourth-order valence-electron chi connectivity index (χ4n) is 9.32. The first-order valence-electron chi connectivity index (χ1n) is 27.9. The predicted molar refractivity (Wildman–Crippen MR) is 294 cm³/mol. The summed E-state index contributed by atoms with van der Waals surface area (Å²) in [6.45, 7) is 1.64. The van der Waals surface area contributed by atoms with E-state index in [2.05, 4.69) is 52.8 Å². The van der Waals surface area contributed by atoms with Crippen LogP contribution >= 0.6 is 0 Å². The van der Waals surface area contributed by atoms with Gasteiger partial charge in [0.05, 0.1) is 18.8 Å². The number of hydrogen-bond donors (Lipinski definition) is 20. The molecule has 0 aliphatic carbocycles. The number of primary amides is 1. The summed E-state index contributed by atoms with van der Waals surface area (Å²) < 4.78 is 10.9. The normalized spacial score (nSPS) is 23.7. The molecule has 14 atom stereocenters. The van der Waals surface area contributed by atoms with Gasteiger partial charge in [0, 0.05) is 114 Å². The van der Waals surface area contributed by atoms with Crippen LogP contribution in [0.5, 0.6) is 0 Å². The van der Waals surface area contributed by atoms with Crippen molar-refractivity contribution in [1.82, 2.24) is 47.9 Å². The average Bonchev–Trinajstić information content (AvgIpc) is 3.98. The average molecular weight is 1140 g/mol. The second-order valence-electron chi connectivity index (χ2n) is 21.0. The van der Waals surface area contributed by atoms with Crippen molar-refractivity contribution in [2.75, 3.05) is 52.4 Å². The number of carbonyl (C=O) groups excluding carboxylic acids is 8. The number of aliphatic hydroxyl groups excluding tert-OH is 3. The highest BCUT2D eigenvalue weighted by atomic mass is 16.6. The van der Waals surface area contributed by atoms with E-state index in [1.807, 2.05) is 0 Å². The maximum absolute atomic E-state index is 13.2. The molecule has 8 amide bonds. The molecule has 0 bridgehead atoms. The monoisotopic (exact) mass is 1140 g/mol. The molecule has 28 N–H and O–H groups in total. The lowest BCUT2D eigenvalue weighted by Gasteiger charge is -2.44. The molecule has 0 aromatic heterocycles. The van der Waals surface area contributed by atoms with E-state index in [0.29, 0.717) is 103 Å². The zero-order valence-corrected chi connectivity index (χ0v) is 46.0. The molecule has 0 spiro atoms. The molecule has 0 saturated carbocycles. The van der Waals surface area contributed by atoms with Crippen molar-refractivity contribution in [2.24, 2.45) is 50.9 Å². The number of piperidine rings is 1. The van der Waals surface area contributed by atoms with Gasteiger partial charge in [-0.1, -0.05) is 0 Å². The lowest BCUT2D eigenvalue weighted by Crippen LogP contribution is -2.70. The molecule has 31 heteroatoms. The Morgan fingerprint density at radius 3 is 1.34 bits per heavy atom. The number of rotatable bonds is 39. The molecule has 80 heavy (non-hydrogen) atoms. The summed E-state index contributed by atoms with van der Waals surface area (Å²) in [5.41, 5.74) is 47.4. The van der Waals surface area contributed by atoms with Crippen molar-refractivity contribution >= 4 is 53.4 Å². The van der Waals surface area contributed by atoms with E-state index in [4.69, 9.17) is 55.3 Å². The van der Waals surface area contributed by atoms with Crippen LogP contribution in [-0.4, -0.2) is 206 Å². The maximum atomic E-state index is 13.2. The number of hydrogen-bond acceptors (Lipinski definition) is 23. The van der Waals surface area contributed by atoms with Gasteiger partial charge in [-0.2, -0.15) is 0 Å². The van der Waals surface area contributed by atoms with Crippen LogP contribution in [0.15, 0.2) is 4.99 Å². The number of amides is 8. The molecular formula is C49H94N18O13. The summed E-state index contributed by atoms with van der Waals surface area (Å²) >= 11 is 0. The summed E-state index contributed by atoms with van der Waals surface area (Å²) in [6.07, 6.45) is -0.906. The second kappa shape index (κ2) is 37.4. The summed E-state index contributed by atoms with van der Waals surface area (Å²) in [7, 11) is 0. The molecule has 0 aromatic carbocycles. The number of nitrogens with one attached hydrogen (secondary N) is 9. The minimum absolute atomic E-state index is 0.000522. The second-order valence-corrected chi connectivity index (χ2v) is 21.0. The first kappa shape index (κ1) is 68.7. The third-order valence-electron chi connectivity index (χ3n) is 13.7. The fourth-order valence-corrected chi connectivity index (χ4v) is 9.32. The van der Waals surface area contributed by atoms with E-state index in [-0.39, 0.29) is 105 Å². The first-order valence-corrected chi connectivity index (χ1v) is 27.9. The van der Waals surface area contributed by atoms with Crippen LogP contribution < -0.4 is 93.7 Å². The Balaban J connectivity index is 1.20. The lowest BCUT2D eigenvalue weighted by atomic mass is 9.95. The molecule has 11 unspecified atom stereocenters. The lowest BCUT2D eigenvalue weighted by molar-refractivity contribution is -0.198. The van der Waals surface area contributed by atoms with Crippen LogP contribution in [0.25, 0.3) is 0 Å². The highest BCUT2D eigenvalue weighted by Gasteiger charge is 2.50. The van der Waals surface area contributed by atoms with Gasteiger partial charge >= 0.3 is 6.09 Å². The van der Waals surface area contributed by atoms with Gasteiger partial charge in [0.1, 0.15) is 18.2 Å². The number of aliphatic hydroxyl groups is 3. The smallest absolute Gasteiger partial charge is 0.404 e. The van der Waals surface area contributed by atoms with Crippen molar-refractivity contribution in [3.8, 4) is 0 Å². The highest BCUT2D eigenvalue weighted by molar-refractivity contribution is 5.93. The van der Waals surface area contributed by atoms with Gasteiger partial charge in [0.25, 0.3) is 0 Å². The number of guanidine groups is 1. The van der Waals surface area contributed by atoms with E-state index in [0.717, 1.165) is 6.42 Å². The van der Waals surface area contributed by atoms with Gasteiger partial charge < -0.3 is 119 Å². The van der Waals surface area contributed by atoms with Crippen LogP contribution in [0.1, 0.15) is 116 Å². The van der Waals surface area contributed by atoms with E-state index in [1.165, 1.54) is 0 Å². The Morgan fingerprint density at radius 2 is 0.988 bits per heavy atom. The molecule has 3 rings (SSSR count). The molecule has 2 saturated heterocycles. The number of ether oxygens (including phenoxy) is 2. The number of fused-ring (bicyclic) bond motifs is 1. The molecular weight excluding hydrogens is 1050 g/mol. The van der Waals surface area contributed by atoms with Gasteiger partial charge in [-0.05, 0) is 83.6 Å². The van der Waals surface area contributed by atoms with Crippen molar-refractivity contribution in [2.45, 2.75) is 201 Å². The zero-order valence-electron chi connectivity index (χ0n) is 46.0. The summed E-state index contributed by atoms with van der Waals surface area (Å²) in [5.74, 6) is -2.05. The van der Waals surface area contributed by atoms with E-state index in [9.17, 15) is 53.7 Å². The standard InChI is InChI=1S/C49H94N18O13/c50-13-1-7-27(51)19-35(70)58-14-2-8-28(52)20-36(71)59-15-3-9-29(53)21-37(72)60-16-4-10-30(54)22-38(73)61-17-5-11-31(55)23-39(74)62-18-6-12-32(56)24-40(75)64-43-44(76)45(80-48(57)78)34(26-68)79-47(43)67-49-65-41-33(69)25-63-46(77)42(41)66-49/h27-34,41-45,47,68-69,76H,1-26,50-56H2,(H2,57,78)(H,58,70)(H,59,71)(H,60,72)(H,61,73)(H,62,74)(H,63,77)(H,64,75)(H2,65,66,67)/t27?,28?,29?,30?,31?,32?,33-,34?,41-,42+,43?,44?,45?,47?/m1/s1. The molecule has 3 aliphatic rings. The van der Waals surface area contributed by atoms with Crippen molar-refractivity contribution in [3.63, 3.8) is 0 Å². The van der Waals surface area contributed by atoms with E-state index >= 15 is 0 Å². The molecule has 458 valence electrons. The molecule has 31 nitrogen and oxygen atoms in total. The third-order valence-corrected chi connectivity index (χ3v) is 13.7. The summed E-state index contributed by atoms with van der Waals surface area (Å²) in [4.78, 5) is 103. The van der Waals surface area contributed by atoms with Gasteiger partial charge in [-0.15, -0.1) is 0 Å². The van der Waals surface area contributed by atoms with E-state index in [1.54, 1.807) is 0 Å². The highest BCUT2D eigenvalue weighted by Crippen LogP contribution is 2.24. The van der Waals surface area contributed by atoms with Crippen LogP contribution in [0, 0.1) is 0 Å². The van der Waals surface area contributed by atoms with E-state index < -0.39 is 91.4 Å². The van der Waals surface area contributed by atoms with Gasteiger partial charge in [0.2, 0.25) is 41.4 Å². The first-order chi connectivity index (χ1) is 38.1. The van der Waals surface area contributed by atoms with Crippen LogP contribution in [0.3, 0.4) is 0 Å². The van der Waals surface area contributed by atoms with Crippen LogP contribution in [0.2, 0.25) is 0 Å². The number of nitrogens with zero attached hydrogens (tertiary/aromatic N) is 1. The molecule has 3 aliphatic heterocycles. The Hall–Kier alpha value is -5.61.